The second kappa shape index (κ2) is 5.21. The van der Waals surface area contributed by atoms with E-state index in [2.05, 4.69) is 25.7 Å². The van der Waals surface area contributed by atoms with Crippen LogP contribution in [0.15, 0.2) is 0 Å². The molecule has 1 rings (SSSR count). The molecule has 1 heterocycles. The Morgan fingerprint density at radius 2 is 2.15 bits per heavy atom. The largest absolute Gasteiger partial charge is 0.300 e. The van der Waals surface area contributed by atoms with E-state index in [1.807, 2.05) is 0 Å². The van der Waals surface area contributed by atoms with Gasteiger partial charge in [0, 0.05) is 25.0 Å². The molecule has 0 saturated carbocycles. The van der Waals surface area contributed by atoms with Crippen LogP contribution in [-0.2, 0) is 0 Å². The zero-order chi connectivity index (χ0) is 9.84. The molecule has 13 heavy (non-hydrogen) atoms. The molecule has 0 aromatic heterocycles. The summed E-state index contributed by atoms with van der Waals surface area (Å²) in [5.74, 6) is 2.38. The third kappa shape index (κ3) is 3.14. The molecule has 0 bridgehead atoms. The predicted molar refractivity (Wildman–Crippen MR) is 59.3 cm³/mol. The molecule has 2 heteroatoms. The van der Waals surface area contributed by atoms with Crippen molar-refractivity contribution in [3.8, 4) is 0 Å². The van der Waals surface area contributed by atoms with Crippen molar-refractivity contribution >= 4 is 11.6 Å². The van der Waals surface area contributed by atoms with Crippen LogP contribution in [0.2, 0.25) is 0 Å². The van der Waals surface area contributed by atoms with E-state index < -0.39 is 0 Å². The molecule has 1 nitrogen and oxygen atoms in total. The standard InChI is InChI=1S/C11H22ClN/c1-4-10(3)13-7-9(2)5-11(6-12)8-13/h9-11H,4-8H2,1-3H3. The highest BCUT2D eigenvalue weighted by Crippen LogP contribution is 2.24. The molecule has 1 saturated heterocycles. The second-order valence-electron chi connectivity index (χ2n) is 4.57. The second-order valence-corrected chi connectivity index (χ2v) is 4.88. The summed E-state index contributed by atoms with van der Waals surface area (Å²) in [5, 5.41) is 0. The van der Waals surface area contributed by atoms with E-state index in [0.29, 0.717) is 0 Å². The van der Waals surface area contributed by atoms with E-state index in [4.69, 9.17) is 11.6 Å². The van der Waals surface area contributed by atoms with E-state index in [9.17, 15) is 0 Å². The molecular formula is C11H22ClN. The van der Waals surface area contributed by atoms with Gasteiger partial charge >= 0.3 is 0 Å². The lowest BCUT2D eigenvalue weighted by Crippen LogP contribution is -2.44. The minimum Gasteiger partial charge on any atom is -0.300 e. The van der Waals surface area contributed by atoms with Crippen LogP contribution in [-0.4, -0.2) is 29.9 Å². The normalized spacial score (nSPS) is 33.2. The summed E-state index contributed by atoms with van der Waals surface area (Å²) >= 11 is 5.93. The molecule has 0 spiro atoms. The Morgan fingerprint density at radius 3 is 2.69 bits per heavy atom. The average molecular weight is 204 g/mol. The predicted octanol–water partition coefficient (Wildman–Crippen LogP) is 2.98. The molecule has 0 amide bonds. The fraction of sp³-hybridized carbons (Fsp3) is 1.00. The molecule has 1 aliphatic heterocycles. The van der Waals surface area contributed by atoms with Crippen molar-refractivity contribution in [3.05, 3.63) is 0 Å². The highest BCUT2D eigenvalue weighted by molar-refractivity contribution is 6.18. The van der Waals surface area contributed by atoms with Gasteiger partial charge in [-0.15, -0.1) is 11.6 Å². The van der Waals surface area contributed by atoms with Gasteiger partial charge in [-0.1, -0.05) is 13.8 Å². The lowest BCUT2D eigenvalue weighted by molar-refractivity contribution is 0.102. The van der Waals surface area contributed by atoms with Crippen molar-refractivity contribution in [1.82, 2.24) is 4.90 Å². The Hall–Kier alpha value is 0.250. The summed E-state index contributed by atoms with van der Waals surface area (Å²) in [6.07, 6.45) is 2.57. The molecule has 3 unspecified atom stereocenters. The summed E-state index contributed by atoms with van der Waals surface area (Å²) in [5.41, 5.74) is 0. The summed E-state index contributed by atoms with van der Waals surface area (Å²) < 4.78 is 0. The Kier molecular flexibility index (Phi) is 4.54. The first-order valence-corrected chi connectivity index (χ1v) is 6.00. The van der Waals surface area contributed by atoms with E-state index in [1.54, 1.807) is 0 Å². The third-order valence-electron chi connectivity index (χ3n) is 3.21. The molecule has 0 aliphatic carbocycles. The van der Waals surface area contributed by atoms with Crippen LogP contribution in [0.25, 0.3) is 0 Å². The molecule has 0 N–H and O–H groups in total. The number of rotatable bonds is 3. The first-order chi connectivity index (χ1) is 6.17. The Morgan fingerprint density at radius 1 is 1.46 bits per heavy atom. The Balaban J connectivity index is 2.46. The maximum absolute atomic E-state index is 5.93. The summed E-state index contributed by atoms with van der Waals surface area (Å²) in [6.45, 7) is 9.41. The zero-order valence-electron chi connectivity index (χ0n) is 9.09. The number of nitrogens with zero attached hydrogens (tertiary/aromatic N) is 1. The number of hydrogen-bond acceptors (Lipinski definition) is 1. The minimum atomic E-state index is 0.722. The number of halogens is 1. The van der Waals surface area contributed by atoms with Crippen LogP contribution >= 0.6 is 11.6 Å². The SMILES string of the molecule is CCC(C)N1CC(C)CC(CCl)C1. The van der Waals surface area contributed by atoms with Crippen LogP contribution in [0.3, 0.4) is 0 Å². The molecule has 0 radical (unpaired) electrons. The van der Waals surface area contributed by atoms with Gasteiger partial charge in [-0.05, 0) is 31.6 Å². The maximum Gasteiger partial charge on any atom is 0.0264 e. The van der Waals surface area contributed by atoms with Crippen molar-refractivity contribution < 1.29 is 0 Å². The van der Waals surface area contributed by atoms with Gasteiger partial charge in [-0.3, -0.25) is 0 Å². The molecule has 0 aromatic rings. The van der Waals surface area contributed by atoms with Crippen molar-refractivity contribution in [2.75, 3.05) is 19.0 Å². The van der Waals surface area contributed by atoms with E-state index in [-0.39, 0.29) is 0 Å². The molecular weight excluding hydrogens is 182 g/mol. The average Bonchev–Trinajstić information content (AvgIpc) is 2.15. The number of alkyl halides is 1. The van der Waals surface area contributed by atoms with Crippen LogP contribution in [0.4, 0.5) is 0 Å². The van der Waals surface area contributed by atoms with Gasteiger partial charge in [-0.2, -0.15) is 0 Å². The highest BCUT2D eigenvalue weighted by atomic mass is 35.5. The van der Waals surface area contributed by atoms with Gasteiger partial charge in [0.25, 0.3) is 0 Å². The monoisotopic (exact) mass is 203 g/mol. The topological polar surface area (TPSA) is 3.24 Å². The molecule has 3 atom stereocenters. The third-order valence-corrected chi connectivity index (χ3v) is 3.64. The lowest BCUT2D eigenvalue weighted by Gasteiger charge is -2.39. The van der Waals surface area contributed by atoms with Gasteiger partial charge < -0.3 is 4.90 Å². The fourth-order valence-electron chi connectivity index (χ4n) is 2.25. The molecule has 1 aliphatic rings. The molecule has 0 aromatic carbocycles. The number of hydrogen-bond donors (Lipinski definition) is 0. The Labute approximate surface area is 87.4 Å². The number of likely N-dealkylation sites (tertiary alicyclic amines) is 1. The summed E-state index contributed by atoms with van der Waals surface area (Å²) in [4.78, 5) is 2.60. The maximum atomic E-state index is 5.93. The van der Waals surface area contributed by atoms with E-state index in [1.165, 1.54) is 25.9 Å². The van der Waals surface area contributed by atoms with Crippen molar-refractivity contribution in [2.45, 2.75) is 39.7 Å². The summed E-state index contributed by atoms with van der Waals surface area (Å²) in [7, 11) is 0. The van der Waals surface area contributed by atoms with Gasteiger partial charge in [0.15, 0.2) is 0 Å². The first kappa shape index (κ1) is 11.3. The van der Waals surface area contributed by atoms with Crippen LogP contribution in [0, 0.1) is 11.8 Å². The lowest BCUT2D eigenvalue weighted by atomic mass is 9.90. The van der Waals surface area contributed by atoms with Crippen molar-refractivity contribution in [3.63, 3.8) is 0 Å². The minimum absolute atomic E-state index is 0.722. The Bertz CT molecular complexity index is 149. The van der Waals surface area contributed by atoms with Gasteiger partial charge in [0.1, 0.15) is 0 Å². The van der Waals surface area contributed by atoms with E-state index in [0.717, 1.165) is 23.8 Å². The van der Waals surface area contributed by atoms with Crippen LogP contribution in [0.1, 0.15) is 33.6 Å². The molecule has 1 fully saturated rings. The van der Waals surface area contributed by atoms with Crippen LogP contribution in [0.5, 0.6) is 0 Å². The quantitative estimate of drug-likeness (QED) is 0.638. The van der Waals surface area contributed by atoms with Crippen molar-refractivity contribution in [2.24, 2.45) is 11.8 Å². The fourth-order valence-corrected chi connectivity index (χ4v) is 2.48. The smallest absolute Gasteiger partial charge is 0.0264 e. The summed E-state index contributed by atoms with van der Waals surface area (Å²) in [6, 6.07) is 0.730. The van der Waals surface area contributed by atoms with Crippen molar-refractivity contribution in [1.29, 1.82) is 0 Å². The number of piperidine rings is 1. The molecule has 78 valence electrons. The first-order valence-electron chi connectivity index (χ1n) is 5.47. The van der Waals surface area contributed by atoms with Gasteiger partial charge in [0.05, 0.1) is 0 Å². The van der Waals surface area contributed by atoms with E-state index >= 15 is 0 Å². The van der Waals surface area contributed by atoms with Crippen LogP contribution < -0.4 is 0 Å². The highest BCUT2D eigenvalue weighted by Gasteiger charge is 2.26. The van der Waals surface area contributed by atoms with Gasteiger partial charge in [-0.25, -0.2) is 0 Å². The van der Waals surface area contributed by atoms with Gasteiger partial charge in [0.2, 0.25) is 0 Å². The zero-order valence-corrected chi connectivity index (χ0v) is 9.85.